The first-order chi connectivity index (χ1) is 19.6. The van der Waals surface area contributed by atoms with Crippen molar-refractivity contribution >= 4 is 11.8 Å². The number of benzene rings is 1. The van der Waals surface area contributed by atoms with E-state index < -0.39 is 72.2 Å². The van der Waals surface area contributed by atoms with Crippen LogP contribution in [0.25, 0.3) is 0 Å². The van der Waals surface area contributed by atoms with Crippen LogP contribution in [0.4, 0.5) is 0 Å². The molecule has 0 spiro atoms. The molecule has 1 aromatic carbocycles. The van der Waals surface area contributed by atoms with Gasteiger partial charge in [-0.15, -0.1) is 0 Å². The Bertz CT molecular complexity index is 1360. The minimum absolute atomic E-state index is 0.289. The van der Waals surface area contributed by atoms with Gasteiger partial charge >= 0.3 is 5.69 Å². The molecule has 1 saturated heterocycles. The van der Waals surface area contributed by atoms with Gasteiger partial charge < -0.3 is 45.3 Å². The van der Waals surface area contributed by atoms with Gasteiger partial charge in [-0.1, -0.05) is 30.3 Å². The van der Waals surface area contributed by atoms with Crippen LogP contribution in [0.15, 0.2) is 64.0 Å². The number of primary amides is 1. The van der Waals surface area contributed by atoms with Gasteiger partial charge in [0, 0.05) is 25.9 Å². The van der Waals surface area contributed by atoms with Crippen molar-refractivity contribution in [2.75, 3.05) is 13.7 Å². The largest absolute Gasteiger partial charge is 0.456 e. The SMILES string of the molecule is CO[C@H]1[C@@H](O)[C@H](n2ccc(=O)[nH]c2=O)O[C@@H]1[C@@H](O[C@H]1OC(C(=O)NCCCc2ccccc2)=C[C@H](O)[C@@H]1O)C(N)=O. The molecule has 1 fully saturated rings. The quantitative estimate of drug-likeness (QED) is 0.152. The van der Waals surface area contributed by atoms with Crippen molar-refractivity contribution in [3.63, 3.8) is 0 Å². The summed E-state index contributed by atoms with van der Waals surface area (Å²) in [5.41, 5.74) is 5.07. The lowest BCUT2D eigenvalue weighted by molar-refractivity contribution is -0.241. The Kier molecular flexibility index (Phi) is 9.69. The number of H-pyrrole nitrogens is 1. The highest BCUT2D eigenvalue weighted by atomic mass is 16.7. The number of rotatable bonds is 11. The fourth-order valence-corrected chi connectivity index (χ4v) is 4.61. The average Bonchev–Trinajstić information content (AvgIpc) is 3.27. The maximum Gasteiger partial charge on any atom is 0.330 e. The number of ether oxygens (including phenoxy) is 4. The van der Waals surface area contributed by atoms with Gasteiger partial charge in [0.2, 0.25) is 12.2 Å². The molecule has 41 heavy (non-hydrogen) atoms. The molecule has 2 amide bonds. The number of aromatic amines is 1. The molecule has 0 saturated carbocycles. The molecular weight excluding hydrogens is 544 g/mol. The molecule has 222 valence electrons. The van der Waals surface area contributed by atoms with Gasteiger partial charge in [-0.3, -0.25) is 23.9 Å². The summed E-state index contributed by atoms with van der Waals surface area (Å²) in [6.07, 6.45) is -9.08. The second-order valence-corrected chi connectivity index (χ2v) is 9.50. The van der Waals surface area contributed by atoms with Crippen molar-refractivity contribution < 1.29 is 43.9 Å². The highest BCUT2D eigenvalue weighted by molar-refractivity contribution is 5.91. The summed E-state index contributed by atoms with van der Waals surface area (Å²) < 4.78 is 23.0. The number of aryl methyl sites for hydroxylation is 1. The summed E-state index contributed by atoms with van der Waals surface area (Å²) in [7, 11) is 1.21. The average molecular weight is 577 g/mol. The topological polar surface area (TPSA) is 225 Å². The Morgan fingerprint density at radius 2 is 1.88 bits per heavy atom. The second-order valence-electron chi connectivity index (χ2n) is 9.50. The van der Waals surface area contributed by atoms with Crippen LogP contribution in [0.1, 0.15) is 18.2 Å². The summed E-state index contributed by atoms with van der Waals surface area (Å²) in [5.74, 6) is -2.16. The lowest BCUT2D eigenvalue weighted by Gasteiger charge is -2.35. The minimum Gasteiger partial charge on any atom is -0.456 e. The van der Waals surface area contributed by atoms with Crippen molar-refractivity contribution in [2.45, 2.75) is 62.0 Å². The number of nitrogens with one attached hydrogen (secondary N) is 2. The lowest BCUT2D eigenvalue weighted by atomic mass is 10.0. The van der Waals surface area contributed by atoms with Gasteiger partial charge in [0.05, 0.1) is 0 Å². The number of hydrogen-bond donors (Lipinski definition) is 6. The highest BCUT2D eigenvalue weighted by Gasteiger charge is 2.52. The van der Waals surface area contributed by atoms with E-state index in [1.807, 2.05) is 35.3 Å². The summed E-state index contributed by atoms with van der Waals surface area (Å²) in [6.45, 7) is 0.289. The fourth-order valence-electron chi connectivity index (χ4n) is 4.61. The van der Waals surface area contributed by atoms with Crippen molar-refractivity contribution in [1.29, 1.82) is 0 Å². The number of nitrogens with two attached hydrogens (primary N) is 1. The van der Waals surface area contributed by atoms with Crippen LogP contribution in [0.3, 0.4) is 0 Å². The Hall–Kier alpha value is -3.86. The monoisotopic (exact) mass is 576 g/mol. The molecule has 2 aliphatic rings. The van der Waals surface area contributed by atoms with Crippen molar-refractivity contribution in [3.8, 4) is 0 Å². The van der Waals surface area contributed by atoms with E-state index in [0.717, 1.165) is 28.5 Å². The molecule has 3 heterocycles. The van der Waals surface area contributed by atoms with E-state index in [-0.39, 0.29) is 12.3 Å². The summed E-state index contributed by atoms with van der Waals surface area (Å²) in [4.78, 5) is 50.9. The molecule has 4 rings (SSSR count). The van der Waals surface area contributed by atoms with Crippen LogP contribution in [0.2, 0.25) is 0 Å². The Morgan fingerprint density at radius 1 is 1.15 bits per heavy atom. The summed E-state index contributed by atoms with van der Waals surface area (Å²) >= 11 is 0. The lowest BCUT2D eigenvalue weighted by Crippen LogP contribution is -2.54. The number of nitrogens with zero attached hydrogens (tertiary/aromatic N) is 1. The molecule has 0 unspecified atom stereocenters. The molecular formula is C26H32N4O11. The number of aliphatic hydroxyl groups excluding tert-OH is 3. The zero-order chi connectivity index (χ0) is 29.7. The van der Waals surface area contributed by atoms with E-state index in [1.165, 1.54) is 7.11 Å². The molecule has 0 radical (unpaired) electrons. The molecule has 1 aromatic heterocycles. The zero-order valence-corrected chi connectivity index (χ0v) is 22.0. The van der Waals surface area contributed by atoms with Gasteiger partial charge in [0.15, 0.2) is 18.1 Å². The Morgan fingerprint density at radius 3 is 2.54 bits per heavy atom. The van der Waals surface area contributed by atoms with Gasteiger partial charge in [-0.2, -0.15) is 0 Å². The minimum atomic E-state index is -1.76. The molecule has 15 nitrogen and oxygen atoms in total. The molecule has 8 atom stereocenters. The van der Waals surface area contributed by atoms with Crippen LogP contribution in [0, 0.1) is 0 Å². The number of aliphatic hydroxyl groups is 3. The summed E-state index contributed by atoms with van der Waals surface area (Å²) in [6, 6.07) is 10.7. The van der Waals surface area contributed by atoms with E-state index in [0.29, 0.717) is 12.8 Å². The van der Waals surface area contributed by atoms with Crippen LogP contribution in [-0.4, -0.2) is 93.3 Å². The first kappa shape index (κ1) is 30.1. The third kappa shape index (κ3) is 6.90. The highest BCUT2D eigenvalue weighted by Crippen LogP contribution is 2.34. The first-order valence-electron chi connectivity index (χ1n) is 12.8. The molecule has 2 aromatic rings. The number of methoxy groups -OCH3 is 1. The normalized spacial score (nSPS) is 28.4. The Balaban J connectivity index is 1.44. The third-order valence-corrected chi connectivity index (χ3v) is 6.69. The molecule has 0 bridgehead atoms. The van der Waals surface area contributed by atoms with Crippen LogP contribution in [-0.2, 0) is 35.0 Å². The predicted molar refractivity (Wildman–Crippen MR) is 139 cm³/mol. The standard InChI is InChI=1S/C26H32N4O11/c1-38-19-18(34)24(30-11-9-16(32)29-26(30)37)40-20(19)21(22(27)35)41-25-17(33)14(31)12-15(39-25)23(36)28-10-5-8-13-6-3-2-4-7-13/h2-4,6-7,9,11-12,14,17-21,24-25,31,33-34H,5,8,10H2,1H3,(H2,27,35)(H,28,36)(H,29,32,37)/t14-,17-,18+,19-,20-,21+,24+,25+/m0/s1. The molecule has 2 aliphatic heterocycles. The van der Waals surface area contributed by atoms with Crippen LogP contribution >= 0.6 is 0 Å². The number of hydrogen-bond acceptors (Lipinski definition) is 11. The van der Waals surface area contributed by atoms with Crippen LogP contribution < -0.4 is 22.3 Å². The van der Waals surface area contributed by atoms with Crippen molar-refractivity contribution in [2.24, 2.45) is 5.73 Å². The summed E-state index contributed by atoms with van der Waals surface area (Å²) in [5, 5.41) is 34.3. The smallest absolute Gasteiger partial charge is 0.330 e. The van der Waals surface area contributed by atoms with E-state index in [4.69, 9.17) is 24.7 Å². The number of carbonyl (C=O) groups is 2. The van der Waals surface area contributed by atoms with Crippen molar-refractivity contribution in [1.82, 2.24) is 14.9 Å². The number of amides is 2. The van der Waals surface area contributed by atoms with E-state index in [1.54, 1.807) is 0 Å². The van der Waals surface area contributed by atoms with Gasteiger partial charge in [0.25, 0.3) is 11.5 Å². The maximum atomic E-state index is 12.7. The first-order valence-corrected chi connectivity index (χ1v) is 12.8. The number of carbonyl (C=O) groups excluding carboxylic acids is 2. The fraction of sp³-hybridized carbons (Fsp3) is 0.462. The van der Waals surface area contributed by atoms with E-state index in [9.17, 15) is 34.5 Å². The zero-order valence-electron chi connectivity index (χ0n) is 22.0. The molecule has 15 heteroatoms. The van der Waals surface area contributed by atoms with E-state index in [2.05, 4.69) is 5.32 Å². The number of aromatic nitrogens is 2. The van der Waals surface area contributed by atoms with Crippen LogP contribution in [0.5, 0.6) is 0 Å². The van der Waals surface area contributed by atoms with E-state index >= 15 is 0 Å². The molecule has 0 aliphatic carbocycles. The van der Waals surface area contributed by atoms with Gasteiger partial charge in [-0.05, 0) is 24.5 Å². The van der Waals surface area contributed by atoms with Gasteiger partial charge in [-0.25, -0.2) is 4.79 Å². The third-order valence-electron chi connectivity index (χ3n) is 6.69. The molecule has 7 N–H and O–H groups in total. The predicted octanol–water partition coefficient (Wildman–Crippen LogP) is -2.61. The maximum absolute atomic E-state index is 12.7. The Labute approximate surface area is 233 Å². The second kappa shape index (κ2) is 13.2. The van der Waals surface area contributed by atoms with Crippen molar-refractivity contribution in [3.05, 3.63) is 80.8 Å². The van der Waals surface area contributed by atoms with Gasteiger partial charge in [0.1, 0.15) is 30.5 Å².